The van der Waals surface area contributed by atoms with E-state index in [2.05, 4.69) is 10.4 Å². The van der Waals surface area contributed by atoms with Crippen molar-refractivity contribution < 1.29 is 14.3 Å². The SMILES string of the molecule is Cc1nn(-c2ccccc2)c(C)c1C(=O)C(=O)NC[C@H]1Cc2ccccc2O1. The van der Waals surface area contributed by atoms with Gasteiger partial charge in [-0.2, -0.15) is 5.10 Å². The Labute approximate surface area is 163 Å². The standard InChI is InChI=1S/C22H21N3O3/c1-14-20(15(2)25(24-14)17-9-4-3-5-10-17)21(26)22(27)23-13-18-12-16-8-6-7-11-19(16)28-18/h3-11,18H,12-13H2,1-2H3,(H,23,27)/t18-/m1/s1. The average molecular weight is 375 g/mol. The fraction of sp³-hybridized carbons (Fsp3) is 0.227. The number of carbonyl (C=O) groups excluding carboxylic acids is 2. The van der Waals surface area contributed by atoms with Crippen LogP contribution in [0.15, 0.2) is 54.6 Å². The Hall–Kier alpha value is -3.41. The molecule has 0 saturated carbocycles. The lowest BCUT2D eigenvalue weighted by molar-refractivity contribution is -0.117. The number of amides is 1. The lowest BCUT2D eigenvalue weighted by Gasteiger charge is -2.11. The summed E-state index contributed by atoms with van der Waals surface area (Å²) in [4.78, 5) is 25.2. The molecule has 28 heavy (non-hydrogen) atoms. The molecular formula is C22H21N3O3. The molecule has 6 nitrogen and oxygen atoms in total. The summed E-state index contributed by atoms with van der Waals surface area (Å²) < 4.78 is 7.50. The fourth-order valence-electron chi connectivity index (χ4n) is 3.56. The fourth-order valence-corrected chi connectivity index (χ4v) is 3.56. The van der Waals surface area contributed by atoms with Crippen LogP contribution in [0.25, 0.3) is 5.69 Å². The normalized spacial score (nSPS) is 15.0. The number of Topliss-reactive ketones (excluding diaryl/α,β-unsaturated/α-hetero) is 1. The lowest BCUT2D eigenvalue weighted by atomic mass is 10.1. The third-order valence-electron chi connectivity index (χ3n) is 4.93. The van der Waals surface area contributed by atoms with E-state index >= 15 is 0 Å². The van der Waals surface area contributed by atoms with E-state index in [1.54, 1.807) is 18.5 Å². The average Bonchev–Trinajstić information content (AvgIpc) is 3.26. The minimum atomic E-state index is -0.640. The Morgan fingerprint density at radius 2 is 1.82 bits per heavy atom. The first-order valence-corrected chi connectivity index (χ1v) is 9.23. The highest BCUT2D eigenvalue weighted by molar-refractivity contribution is 6.43. The molecule has 1 N–H and O–H groups in total. The molecule has 0 unspecified atom stereocenters. The quantitative estimate of drug-likeness (QED) is 0.550. The number of aryl methyl sites for hydroxylation is 1. The van der Waals surface area contributed by atoms with Gasteiger partial charge in [-0.05, 0) is 37.6 Å². The molecule has 1 aliphatic rings. The second-order valence-electron chi connectivity index (χ2n) is 6.88. The van der Waals surface area contributed by atoms with E-state index in [-0.39, 0.29) is 12.6 Å². The van der Waals surface area contributed by atoms with Gasteiger partial charge in [0.25, 0.3) is 11.7 Å². The van der Waals surface area contributed by atoms with Crippen molar-refractivity contribution in [3.63, 3.8) is 0 Å². The molecule has 142 valence electrons. The van der Waals surface area contributed by atoms with Crippen molar-refractivity contribution in [1.82, 2.24) is 15.1 Å². The number of ether oxygens (including phenoxy) is 1. The van der Waals surface area contributed by atoms with Gasteiger partial charge in [0.1, 0.15) is 11.9 Å². The van der Waals surface area contributed by atoms with Crippen LogP contribution in [0.2, 0.25) is 0 Å². The first-order chi connectivity index (χ1) is 13.5. The maximum Gasteiger partial charge on any atom is 0.292 e. The topological polar surface area (TPSA) is 73.2 Å². The zero-order valence-corrected chi connectivity index (χ0v) is 15.8. The van der Waals surface area contributed by atoms with Gasteiger partial charge in [-0.3, -0.25) is 9.59 Å². The molecule has 0 bridgehead atoms. The van der Waals surface area contributed by atoms with Gasteiger partial charge in [0.2, 0.25) is 0 Å². The van der Waals surface area contributed by atoms with Gasteiger partial charge in [0.15, 0.2) is 0 Å². The molecule has 0 radical (unpaired) electrons. The van der Waals surface area contributed by atoms with E-state index in [9.17, 15) is 9.59 Å². The number of carbonyl (C=O) groups is 2. The number of rotatable bonds is 5. The van der Waals surface area contributed by atoms with Crippen molar-refractivity contribution in [2.45, 2.75) is 26.4 Å². The van der Waals surface area contributed by atoms with E-state index in [1.165, 1.54) is 0 Å². The van der Waals surface area contributed by atoms with Gasteiger partial charge in [0.05, 0.1) is 29.2 Å². The van der Waals surface area contributed by atoms with E-state index in [0.717, 1.165) is 17.0 Å². The van der Waals surface area contributed by atoms with E-state index in [4.69, 9.17) is 4.74 Å². The molecule has 1 aliphatic heterocycles. The Morgan fingerprint density at radius 3 is 2.57 bits per heavy atom. The van der Waals surface area contributed by atoms with Crippen molar-refractivity contribution in [2.24, 2.45) is 0 Å². The summed E-state index contributed by atoms with van der Waals surface area (Å²) in [7, 11) is 0. The highest BCUT2D eigenvalue weighted by Gasteiger charge is 2.27. The summed E-state index contributed by atoms with van der Waals surface area (Å²) in [5.74, 6) is -0.380. The van der Waals surface area contributed by atoms with Gasteiger partial charge in [-0.15, -0.1) is 0 Å². The van der Waals surface area contributed by atoms with Crippen LogP contribution >= 0.6 is 0 Å². The van der Waals surface area contributed by atoms with Crippen LogP contribution in [0.4, 0.5) is 0 Å². The summed E-state index contributed by atoms with van der Waals surface area (Å²) in [6, 6.07) is 17.3. The van der Waals surface area contributed by atoms with Crippen molar-refractivity contribution in [2.75, 3.05) is 6.54 Å². The molecule has 1 amide bonds. The molecule has 0 spiro atoms. The molecule has 4 rings (SSSR count). The summed E-state index contributed by atoms with van der Waals surface area (Å²) in [5, 5.41) is 7.15. The lowest BCUT2D eigenvalue weighted by Crippen LogP contribution is -2.38. The zero-order chi connectivity index (χ0) is 19.7. The predicted octanol–water partition coefficient (Wildman–Crippen LogP) is 2.79. The molecule has 2 aromatic carbocycles. The number of aromatic nitrogens is 2. The van der Waals surface area contributed by atoms with Crippen LogP contribution in [-0.4, -0.2) is 34.1 Å². The van der Waals surface area contributed by atoms with Gasteiger partial charge in [-0.25, -0.2) is 4.68 Å². The second kappa shape index (κ2) is 7.31. The van der Waals surface area contributed by atoms with Crippen LogP contribution in [0.3, 0.4) is 0 Å². The highest BCUT2D eigenvalue weighted by atomic mass is 16.5. The summed E-state index contributed by atoms with van der Waals surface area (Å²) in [6.45, 7) is 3.82. The van der Waals surface area contributed by atoms with E-state index in [1.807, 2.05) is 54.6 Å². The maximum absolute atomic E-state index is 12.7. The van der Waals surface area contributed by atoms with Crippen LogP contribution in [-0.2, 0) is 11.2 Å². The van der Waals surface area contributed by atoms with Crippen molar-refractivity contribution in [3.05, 3.63) is 77.1 Å². The number of nitrogens with zero attached hydrogens (tertiary/aromatic N) is 2. The Kier molecular flexibility index (Phi) is 4.69. The largest absolute Gasteiger partial charge is 0.488 e. The van der Waals surface area contributed by atoms with Gasteiger partial charge in [0, 0.05) is 6.42 Å². The number of hydrogen-bond acceptors (Lipinski definition) is 4. The monoisotopic (exact) mass is 375 g/mol. The van der Waals surface area contributed by atoms with E-state index in [0.29, 0.717) is 23.4 Å². The summed E-state index contributed by atoms with van der Waals surface area (Å²) >= 11 is 0. The number of ketones is 1. The molecule has 1 aromatic heterocycles. The summed E-state index contributed by atoms with van der Waals surface area (Å²) in [6.07, 6.45) is 0.553. The highest BCUT2D eigenvalue weighted by Crippen LogP contribution is 2.27. The van der Waals surface area contributed by atoms with Crippen LogP contribution in [0.1, 0.15) is 27.3 Å². The Bertz CT molecular complexity index is 1020. The minimum Gasteiger partial charge on any atom is -0.488 e. The van der Waals surface area contributed by atoms with Gasteiger partial charge in [-0.1, -0.05) is 36.4 Å². The van der Waals surface area contributed by atoms with Crippen molar-refractivity contribution >= 4 is 11.7 Å². The Balaban J connectivity index is 1.45. The van der Waals surface area contributed by atoms with Crippen LogP contribution in [0.5, 0.6) is 5.75 Å². The summed E-state index contributed by atoms with van der Waals surface area (Å²) in [5.41, 5.74) is 3.49. The smallest absolute Gasteiger partial charge is 0.292 e. The van der Waals surface area contributed by atoms with Crippen LogP contribution in [0, 0.1) is 13.8 Å². The number of hydrogen-bond donors (Lipinski definition) is 1. The van der Waals surface area contributed by atoms with Crippen molar-refractivity contribution in [1.29, 1.82) is 0 Å². The Morgan fingerprint density at radius 1 is 1.11 bits per heavy atom. The predicted molar refractivity (Wildman–Crippen MR) is 105 cm³/mol. The molecular weight excluding hydrogens is 354 g/mol. The first-order valence-electron chi connectivity index (χ1n) is 9.23. The number of fused-ring (bicyclic) bond motifs is 1. The van der Waals surface area contributed by atoms with Crippen molar-refractivity contribution in [3.8, 4) is 11.4 Å². The molecule has 2 heterocycles. The molecule has 0 saturated heterocycles. The molecule has 0 aliphatic carbocycles. The number of para-hydroxylation sites is 2. The minimum absolute atomic E-state index is 0.164. The molecule has 0 fully saturated rings. The van der Waals surface area contributed by atoms with Gasteiger partial charge < -0.3 is 10.1 Å². The zero-order valence-electron chi connectivity index (χ0n) is 15.8. The molecule has 6 heteroatoms. The number of nitrogens with one attached hydrogen (secondary N) is 1. The number of benzene rings is 2. The maximum atomic E-state index is 12.7. The van der Waals surface area contributed by atoms with Crippen LogP contribution < -0.4 is 10.1 Å². The molecule has 1 atom stereocenters. The third-order valence-corrected chi connectivity index (χ3v) is 4.93. The third kappa shape index (κ3) is 3.29. The second-order valence-corrected chi connectivity index (χ2v) is 6.88. The first kappa shape index (κ1) is 18.0. The molecule has 3 aromatic rings. The van der Waals surface area contributed by atoms with E-state index < -0.39 is 11.7 Å². The van der Waals surface area contributed by atoms with Gasteiger partial charge >= 0.3 is 0 Å².